The molecule has 0 aromatic carbocycles. The summed E-state index contributed by atoms with van der Waals surface area (Å²) in [5, 5.41) is 2.73. The SMILES string of the molecule is Cc1ncccc1C(=O)Nc1cccc(C#CCN)n1. The first-order valence-corrected chi connectivity index (χ1v) is 6.09. The first kappa shape index (κ1) is 13.7. The molecule has 20 heavy (non-hydrogen) atoms. The maximum atomic E-state index is 12.1. The lowest BCUT2D eigenvalue weighted by Gasteiger charge is -2.06. The Morgan fingerprint density at radius 1 is 1.35 bits per heavy atom. The molecule has 3 N–H and O–H groups in total. The van der Waals surface area contributed by atoms with E-state index in [-0.39, 0.29) is 12.5 Å². The van der Waals surface area contributed by atoms with E-state index in [0.717, 1.165) is 0 Å². The number of nitrogens with zero attached hydrogens (tertiary/aromatic N) is 2. The molecule has 0 saturated heterocycles. The van der Waals surface area contributed by atoms with Gasteiger partial charge >= 0.3 is 0 Å². The third kappa shape index (κ3) is 3.40. The molecule has 100 valence electrons. The Hall–Kier alpha value is -2.71. The largest absolute Gasteiger partial charge is 0.320 e. The van der Waals surface area contributed by atoms with E-state index in [2.05, 4.69) is 27.1 Å². The molecule has 2 aromatic rings. The molecule has 2 rings (SSSR count). The van der Waals surface area contributed by atoms with E-state index >= 15 is 0 Å². The van der Waals surface area contributed by atoms with Crippen molar-refractivity contribution >= 4 is 11.7 Å². The first-order valence-electron chi connectivity index (χ1n) is 6.09. The molecule has 0 aliphatic rings. The number of carbonyl (C=O) groups is 1. The average Bonchev–Trinajstić information content (AvgIpc) is 2.46. The standard InChI is InChI=1S/C15H14N4O/c1-11-13(7-4-10-17-11)15(20)19-14-8-2-5-12(18-14)6-3-9-16/h2,4-5,7-8,10H,9,16H2,1H3,(H,18,19,20). The topological polar surface area (TPSA) is 80.9 Å². The molecule has 0 bridgehead atoms. The second-order valence-electron chi connectivity index (χ2n) is 4.00. The predicted octanol–water partition coefficient (Wildman–Crippen LogP) is 1.35. The monoisotopic (exact) mass is 266 g/mol. The first-order chi connectivity index (χ1) is 9.70. The second-order valence-corrected chi connectivity index (χ2v) is 4.00. The van der Waals surface area contributed by atoms with E-state index in [9.17, 15) is 4.79 Å². The number of carbonyl (C=O) groups excluding carboxylic acids is 1. The predicted molar refractivity (Wildman–Crippen MR) is 77.1 cm³/mol. The van der Waals surface area contributed by atoms with Gasteiger partial charge in [-0.2, -0.15) is 0 Å². The quantitative estimate of drug-likeness (QED) is 0.804. The van der Waals surface area contributed by atoms with Crippen LogP contribution in [0.15, 0.2) is 36.5 Å². The van der Waals surface area contributed by atoms with Crippen LogP contribution in [0.4, 0.5) is 5.82 Å². The fourth-order valence-electron chi connectivity index (χ4n) is 1.62. The van der Waals surface area contributed by atoms with Crippen LogP contribution in [0.5, 0.6) is 0 Å². The molecular formula is C15H14N4O. The summed E-state index contributed by atoms with van der Waals surface area (Å²) in [6.07, 6.45) is 1.65. The average molecular weight is 266 g/mol. The van der Waals surface area contributed by atoms with Crippen LogP contribution in [0.3, 0.4) is 0 Å². The van der Waals surface area contributed by atoms with Gasteiger partial charge < -0.3 is 11.1 Å². The molecule has 0 aliphatic carbocycles. The minimum absolute atomic E-state index is 0.243. The lowest BCUT2D eigenvalue weighted by atomic mass is 10.2. The molecule has 2 aromatic heterocycles. The summed E-state index contributed by atoms with van der Waals surface area (Å²) in [6, 6.07) is 8.68. The van der Waals surface area contributed by atoms with E-state index in [1.807, 2.05) is 0 Å². The van der Waals surface area contributed by atoms with Crippen molar-refractivity contribution in [1.82, 2.24) is 9.97 Å². The number of aryl methyl sites for hydroxylation is 1. The number of anilines is 1. The molecule has 0 spiro atoms. The summed E-state index contributed by atoms with van der Waals surface area (Å²) >= 11 is 0. The number of rotatable bonds is 2. The molecule has 5 nitrogen and oxygen atoms in total. The van der Waals surface area contributed by atoms with Crippen molar-refractivity contribution in [2.75, 3.05) is 11.9 Å². The van der Waals surface area contributed by atoms with Gasteiger partial charge in [0, 0.05) is 11.9 Å². The van der Waals surface area contributed by atoms with Crippen LogP contribution in [0.2, 0.25) is 0 Å². The number of hydrogen-bond donors (Lipinski definition) is 2. The fraction of sp³-hybridized carbons (Fsp3) is 0.133. The zero-order valence-electron chi connectivity index (χ0n) is 11.1. The molecule has 2 heterocycles. The van der Waals surface area contributed by atoms with E-state index in [1.54, 1.807) is 43.5 Å². The minimum Gasteiger partial charge on any atom is -0.320 e. The van der Waals surface area contributed by atoms with Crippen LogP contribution >= 0.6 is 0 Å². The number of pyridine rings is 2. The van der Waals surface area contributed by atoms with Crippen LogP contribution in [-0.2, 0) is 0 Å². The van der Waals surface area contributed by atoms with Crippen molar-refractivity contribution in [3.8, 4) is 11.8 Å². The van der Waals surface area contributed by atoms with Crippen molar-refractivity contribution in [2.24, 2.45) is 5.73 Å². The van der Waals surface area contributed by atoms with Gasteiger partial charge in [-0.1, -0.05) is 12.0 Å². The molecule has 0 unspecified atom stereocenters. The Kier molecular flexibility index (Phi) is 4.43. The van der Waals surface area contributed by atoms with Gasteiger partial charge in [0.2, 0.25) is 0 Å². The zero-order chi connectivity index (χ0) is 14.4. The molecule has 0 saturated carbocycles. The smallest absolute Gasteiger partial charge is 0.258 e. The minimum atomic E-state index is -0.243. The fourth-order valence-corrected chi connectivity index (χ4v) is 1.62. The van der Waals surface area contributed by atoms with Gasteiger partial charge in [-0.25, -0.2) is 4.98 Å². The van der Waals surface area contributed by atoms with E-state index in [4.69, 9.17) is 5.73 Å². The van der Waals surface area contributed by atoms with Crippen molar-refractivity contribution < 1.29 is 4.79 Å². The lowest BCUT2D eigenvalue weighted by Crippen LogP contribution is -2.15. The van der Waals surface area contributed by atoms with Crippen LogP contribution in [-0.4, -0.2) is 22.4 Å². The third-order valence-electron chi connectivity index (χ3n) is 2.56. The molecule has 0 aliphatic heterocycles. The van der Waals surface area contributed by atoms with E-state index < -0.39 is 0 Å². The van der Waals surface area contributed by atoms with Gasteiger partial charge in [0.05, 0.1) is 12.1 Å². The van der Waals surface area contributed by atoms with Gasteiger partial charge in [-0.15, -0.1) is 0 Å². The highest BCUT2D eigenvalue weighted by molar-refractivity contribution is 6.04. The maximum absolute atomic E-state index is 12.1. The van der Waals surface area contributed by atoms with Crippen LogP contribution < -0.4 is 11.1 Å². The van der Waals surface area contributed by atoms with Gasteiger partial charge in [-0.05, 0) is 37.1 Å². The Morgan fingerprint density at radius 2 is 2.20 bits per heavy atom. The van der Waals surface area contributed by atoms with Gasteiger partial charge in [-0.3, -0.25) is 9.78 Å². The summed E-state index contributed by atoms with van der Waals surface area (Å²) in [7, 11) is 0. The Labute approximate surface area is 117 Å². The molecule has 0 radical (unpaired) electrons. The Morgan fingerprint density at radius 3 is 2.95 bits per heavy atom. The lowest BCUT2D eigenvalue weighted by molar-refractivity contribution is 0.102. The Balaban J connectivity index is 2.18. The summed E-state index contributed by atoms with van der Waals surface area (Å²) in [5.41, 5.74) is 7.07. The van der Waals surface area contributed by atoms with Gasteiger partial charge in [0.1, 0.15) is 11.5 Å². The summed E-state index contributed by atoms with van der Waals surface area (Å²) in [5.74, 6) is 5.74. The molecular weight excluding hydrogens is 252 g/mol. The van der Waals surface area contributed by atoms with Gasteiger partial charge in [0.25, 0.3) is 5.91 Å². The summed E-state index contributed by atoms with van der Waals surface area (Å²) in [6.45, 7) is 2.05. The summed E-state index contributed by atoms with van der Waals surface area (Å²) in [4.78, 5) is 20.4. The normalized spacial score (nSPS) is 9.50. The van der Waals surface area contributed by atoms with Crippen molar-refractivity contribution in [2.45, 2.75) is 6.92 Å². The number of aromatic nitrogens is 2. The van der Waals surface area contributed by atoms with Crippen molar-refractivity contribution in [3.05, 3.63) is 53.5 Å². The molecule has 1 amide bonds. The van der Waals surface area contributed by atoms with Gasteiger partial charge in [0.15, 0.2) is 0 Å². The van der Waals surface area contributed by atoms with E-state index in [1.165, 1.54) is 0 Å². The van der Waals surface area contributed by atoms with Crippen molar-refractivity contribution in [1.29, 1.82) is 0 Å². The molecule has 0 fully saturated rings. The zero-order valence-corrected chi connectivity index (χ0v) is 11.1. The highest BCUT2D eigenvalue weighted by Crippen LogP contribution is 2.09. The number of hydrogen-bond acceptors (Lipinski definition) is 4. The van der Waals surface area contributed by atoms with Crippen LogP contribution in [0, 0.1) is 18.8 Å². The van der Waals surface area contributed by atoms with Crippen LogP contribution in [0.1, 0.15) is 21.7 Å². The number of nitrogens with two attached hydrogens (primary N) is 1. The van der Waals surface area contributed by atoms with Crippen molar-refractivity contribution in [3.63, 3.8) is 0 Å². The summed E-state index contributed by atoms with van der Waals surface area (Å²) < 4.78 is 0. The second kappa shape index (κ2) is 6.45. The Bertz CT molecular complexity index is 686. The highest BCUT2D eigenvalue weighted by Gasteiger charge is 2.09. The third-order valence-corrected chi connectivity index (χ3v) is 2.56. The maximum Gasteiger partial charge on any atom is 0.258 e. The molecule has 0 atom stereocenters. The number of amides is 1. The molecule has 5 heteroatoms. The highest BCUT2D eigenvalue weighted by atomic mass is 16.1. The number of nitrogens with one attached hydrogen (secondary N) is 1. The van der Waals surface area contributed by atoms with E-state index in [0.29, 0.717) is 22.8 Å². The van der Waals surface area contributed by atoms with Crippen LogP contribution in [0.25, 0.3) is 0 Å².